The van der Waals surface area contributed by atoms with Crippen molar-refractivity contribution < 1.29 is 9.59 Å². The van der Waals surface area contributed by atoms with E-state index in [1.807, 2.05) is 11.8 Å². The molecule has 2 aliphatic carbocycles. The molecular formula is C16H24N2O2. The Morgan fingerprint density at radius 3 is 2.65 bits per heavy atom. The van der Waals surface area contributed by atoms with Gasteiger partial charge in [-0.25, -0.2) is 0 Å². The molecule has 1 heterocycles. The summed E-state index contributed by atoms with van der Waals surface area (Å²) in [4.78, 5) is 26.8. The summed E-state index contributed by atoms with van der Waals surface area (Å²) in [5.41, 5.74) is 0. The lowest BCUT2D eigenvalue weighted by atomic mass is 9.92. The third kappa shape index (κ3) is 2.60. The van der Waals surface area contributed by atoms with Crippen molar-refractivity contribution in [3.8, 4) is 0 Å². The molecule has 0 aromatic carbocycles. The summed E-state index contributed by atoms with van der Waals surface area (Å²) >= 11 is 0. The first-order valence-corrected chi connectivity index (χ1v) is 7.96. The third-order valence-electron chi connectivity index (χ3n) is 4.84. The van der Waals surface area contributed by atoms with Gasteiger partial charge in [0.25, 0.3) is 0 Å². The van der Waals surface area contributed by atoms with Crippen LogP contribution in [-0.2, 0) is 9.59 Å². The molecule has 3 aliphatic rings. The fourth-order valence-electron chi connectivity index (χ4n) is 3.46. The van der Waals surface area contributed by atoms with E-state index in [-0.39, 0.29) is 23.9 Å². The second-order valence-corrected chi connectivity index (χ2v) is 6.39. The van der Waals surface area contributed by atoms with Gasteiger partial charge in [0.2, 0.25) is 11.8 Å². The van der Waals surface area contributed by atoms with Gasteiger partial charge in [0, 0.05) is 6.54 Å². The first-order chi connectivity index (χ1) is 9.70. The molecule has 20 heavy (non-hydrogen) atoms. The van der Waals surface area contributed by atoms with Crippen molar-refractivity contribution >= 4 is 11.8 Å². The highest BCUT2D eigenvalue weighted by atomic mass is 16.2. The van der Waals surface area contributed by atoms with Gasteiger partial charge in [0.1, 0.15) is 12.1 Å². The smallest absolute Gasteiger partial charge is 0.246 e. The van der Waals surface area contributed by atoms with Crippen molar-refractivity contribution in [2.24, 2.45) is 11.8 Å². The van der Waals surface area contributed by atoms with E-state index in [4.69, 9.17) is 0 Å². The molecule has 2 amide bonds. The zero-order chi connectivity index (χ0) is 14.1. The van der Waals surface area contributed by atoms with Gasteiger partial charge in [-0.1, -0.05) is 19.1 Å². The van der Waals surface area contributed by atoms with Gasteiger partial charge in [0.05, 0.1) is 0 Å². The maximum absolute atomic E-state index is 12.7. The van der Waals surface area contributed by atoms with Gasteiger partial charge in [-0.05, 0) is 50.4 Å². The van der Waals surface area contributed by atoms with E-state index in [2.05, 4.69) is 17.5 Å². The molecule has 4 nitrogen and oxygen atoms in total. The number of carbonyl (C=O) groups excluding carboxylic acids is 2. The number of hydrogen-bond donors (Lipinski definition) is 1. The minimum atomic E-state index is -0.261. The number of nitrogens with zero attached hydrogens (tertiary/aromatic N) is 1. The monoisotopic (exact) mass is 276 g/mol. The molecule has 2 fully saturated rings. The molecular weight excluding hydrogens is 252 g/mol. The van der Waals surface area contributed by atoms with Gasteiger partial charge >= 0.3 is 0 Å². The molecule has 3 rings (SSSR count). The van der Waals surface area contributed by atoms with Crippen LogP contribution >= 0.6 is 0 Å². The largest absolute Gasteiger partial charge is 0.342 e. The predicted octanol–water partition coefficient (Wildman–Crippen LogP) is 1.86. The van der Waals surface area contributed by atoms with Crippen LogP contribution in [0.3, 0.4) is 0 Å². The molecule has 1 aliphatic heterocycles. The molecule has 1 N–H and O–H groups in total. The third-order valence-corrected chi connectivity index (χ3v) is 4.84. The second-order valence-electron chi connectivity index (χ2n) is 6.39. The maximum Gasteiger partial charge on any atom is 0.246 e. The maximum atomic E-state index is 12.7. The van der Waals surface area contributed by atoms with Crippen molar-refractivity contribution in [1.82, 2.24) is 10.2 Å². The zero-order valence-electron chi connectivity index (χ0n) is 12.2. The topological polar surface area (TPSA) is 49.4 Å². The van der Waals surface area contributed by atoms with Crippen LogP contribution in [0.25, 0.3) is 0 Å². The molecule has 1 saturated carbocycles. The van der Waals surface area contributed by atoms with Crippen LogP contribution in [0.4, 0.5) is 0 Å². The van der Waals surface area contributed by atoms with Crippen LogP contribution in [-0.4, -0.2) is 35.3 Å². The molecule has 0 radical (unpaired) electrons. The summed E-state index contributed by atoms with van der Waals surface area (Å²) in [5.74, 6) is 1.12. The molecule has 0 aromatic heterocycles. The number of nitrogens with one attached hydrogen (secondary N) is 1. The number of carbonyl (C=O) groups is 2. The van der Waals surface area contributed by atoms with E-state index >= 15 is 0 Å². The van der Waals surface area contributed by atoms with E-state index in [0.717, 1.165) is 38.6 Å². The minimum Gasteiger partial charge on any atom is -0.342 e. The lowest BCUT2D eigenvalue weighted by Gasteiger charge is -2.40. The van der Waals surface area contributed by atoms with Crippen LogP contribution in [0.1, 0.15) is 45.4 Å². The van der Waals surface area contributed by atoms with Gasteiger partial charge in [-0.2, -0.15) is 0 Å². The van der Waals surface area contributed by atoms with Crippen molar-refractivity contribution in [2.45, 2.75) is 57.5 Å². The van der Waals surface area contributed by atoms with E-state index < -0.39 is 0 Å². The number of allylic oxidation sites excluding steroid dienone is 2. The Labute approximate surface area is 120 Å². The van der Waals surface area contributed by atoms with E-state index in [1.54, 1.807) is 0 Å². The standard InChI is InChI=1S/C16H24N2O2/c1-2-13-15(19)17-14(12-8-9-12)16(20)18(13)10-11-6-4-3-5-7-11/h3-4,11-14H,2,5-10H2,1H3,(H,17,19). The lowest BCUT2D eigenvalue weighted by molar-refractivity contribution is -0.150. The molecule has 3 unspecified atom stereocenters. The Morgan fingerprint density at radius 2 is 2.05 bits per heavy atom. The van der Waals surface area contributed by atoms with Crippen LogP contribution in [0.5, 0.6) is 0 Å². The van der Waals surface area contributed by atoms with Crippen molar-refractivity contribution in [1.29, 1.82) is 0 Å². The summed E-state index contributed by atoms with van der Waals surface area (Å²) in [5, 5.41) is 2.95. The number of piperazine rings is 1. The normalized spacial score (nSPS) is 34.2. The first kappa shape index (κ1) is 13.7. The average Bonchev–Trinajstić information content (AvgIpc) is 3.28. The highest BCUT2D eigenvalue weighted by molar-refractivity contribution is 5.97. The summed E-state index contributed by atoms with van der Waals surface area (Å²) in [6.07, 6.45) is 10.6. The second kappa shape index (κ2) is 5.58. The van der Waals surface area contributed by atoms with Crippen LogP contribution in [0, 0.1) is 11.8 Å². The highest BCUT2D eigenvalue weighted by Gasteiger charge is 2.46. The van der Waals surface area contributed by atoms with Gasteiger partial charge < -0.3 is 10.2 Å². The molecule has 0 spiro atoms. The van der Waals surface area contributed by atoms with E-state index in [1.165, 1.54) is 0 Å². The number of rotatable bonds is 4. The van der Waals surface area contributed by atoms with Gasteiger partial charge in [-0.3, -0.25) is 9.59 Å². The Kier molecular flexibility index (Phi) is 3.81. The fourth-order valence-corrected chi connectivity index (χ4v) is 3.46. The van der Waals surface area contributed by atoms with Gasteiger partial charge in [-0.15, -0.1) is 0 Å². The lowest BCUT2D eigenvalue weighted by Crippen LogP contribution is -2.64. The molecule has 0 bridgehead atoms. The number of amides is 2. The summed E-state index contributed by atoms with van der Waals surface area (Å²) in [7, 11) is 0. The predicted molar refractivity (Wildman–Crippen MR) is 76.9 cm³/mol. The Morgan fingerprint density at radius 1 is 1.25 bits per heavy atom. The average molecular weight is 276 g/mol. The zero-order valence-corrected chi connectivity index (χ0v) is 12.2. The van der Waals surface area contributed by atoms with Crippen LogP contribution in [0.2, 0.25) is 0 Å². The van der Waals surface area contributed by atoms with Crippen molar-refractivity contribution in [2.75, 3.05) is 6.54 Å². The summed E-state index contributed by atoms with van der Waals surface area (Å²) in [6.45, 7) is 2.74. The first-order valence-electron chi connectivity index (χ1n) is 7.96. The van der Waals surface area contributed by atoms with Crippen LogP contribution in [0.15, 0.2) is 12.2 Å². The SMILES string of the molecule is CCC1C(=O)NC(C2CC2)C(=O)N1CC1CC=CCC1. The number of hydrogen-bond acceptors (Lipinski definition) is 2. The van der Waals surface area contributed by atoms with Crippen LogP contribution < -0.4 is 5.32 Å². The van der Waals surface area contributed by atoms with Gasteiger partial charge in [0.15, 0.2) is 0 Å². The van der Waals surface area contributed by atoms with Crippen molar-refractivity contribution in [3.63, 3.8) is 0 Å². The summed E-state index contributed by atoms with van der Waals surface area (Å²) < 4.78 is 0. The minimum absolute atomic E-state index is 0.0513. The Bertz CT molecular complexity index is 428. The quantitative estimate of drug-likeness (QED) is 0.797. The molecule has 1 saturated heterocycles. The molecule has 110 valence electrons. The van der Waals surface area contributed by atoms with E-state index in [0.29, 0.717) is 18.3 Å². The van der Waals surface area contributed by atoms with E-state index in [9.17, 15) is 9.59 Å². The molecule has 4 heteroatoms. The highest BCUT2D eigenvalue weighted by Crippen LogP contribution is 2.35. The molecule has 3 atom stereocenters. The fraction of sp³-hybridized carbons (Fsp3) is 0.750. The summed E-state index contributed by atoms with van der Waals surface area (Å²) in [6, 6.07) is -0.507. The Balaban J connectivity index is 1.73. The molecule has 0 aromatic rings. The van der Waals surface area contributed by atoms with Crippen molar-refractivity contribution in [3.05, 3.63) is 12.2 Å². The Hall–Kier alpha value is -1.32.